The van der Waals surface area contributed by atoms with Crippen LogP contribution in [-0.2, 0) is 9.63 Å². The highest BCUT2D eigenvalue weighted by atomic mass is 32.1. The normalized spacial score (nSPS) is 11.4. The molecular weight excluding hydrogens is 211 g/mol. The first kappa shape index (κ1) is 10.4. The molecule has 0 saturated heterocycles. The second kappa shape index (κ2) is 4.51. The van der Waals surface area contributed by atoms with Crippen molar-refractivity contribution in [2.75, 3.05) is 12.6 Å². The molecule has 1 aromatic heterocycles. The van der Waals surface area contributed by atoms with E-state index in [0.29, 0.717) is 0 Å². The molecular formula is C6H6FN4O2S. The van der Waals surface area contributed by atoms with Gasteiger partial charge in [0.1, 0.15) is 5.69 Å². The quantitative estimate of drug-likeness (QED) is 0.574. The predicted molar refractivity (Wildman–Crippen MR) is 48.2 cm³/mol. The van der Waals surface area contributed by atoms with Gasteiger partial charge in [0.15, 0.2) is 10.8 Å². The van der Waals surface area contributed by atoms with Gasteiger partial charge in [0.25, 0.3) is 12.8 Å². The standard InChI is InChI=1S/C6H6FN4O2S/c7-2-13-11-4(5(8)12)3-1-14-6(9)10-3/h1,8H,2H2,(H2,9,10)/b11-4+. The zero-order valence-electron chi connectivity index (χ0n) is 6.86. The van der Waals surface area contributed by atoms with E-state index in [1.165, 1.54) is 5.38 Å². The summed E-state index contributed by atoms with van der Waals surface area (Å²) in [5.41, 5.74) is 11.9. The van der Waals surface area contributed by atoms with E-state index < -0.39 is 12.8 Å². The summed E-state index contributed by atoms with van der Waals surface area (Å²) in [5.74, 6) is -1.11. The summed E-state index contributed by atoms with van der Waals surface area (Å²) in [7, 11) is 0. The van der Waals surface area contributed by atoms with Crippen molar-refractivity contribution >= 4 is 28.1 Å². The van der Waals surface area contributed by atoms with Crippen molar-refractivity contribution in [3.8, 4) is 0 Å². The molecule has 0 bridgehead atoms. The highest BCUT2D eigenvalue weighted by Crippen LogP contribution is 2.12. The van der Waals surface area contributed by atoms with E-state index in [2.05, 4.69) is 15.0 Å². The monoisotopic (exact) mass is 217 g/mol. The Kier molecular flexibility index (Phi) is 3.35. The Morgan fingerprint density at radius 3 is 3.00 bits per heavy atom. The average Bonchev–Trinajstić information content (AvgIpc) is 2.52. The smallest absolute Gasteiger partial charge is 0.294 e. The van der Waals surface area contributed by atoms with Gasteiger partial charge in [-0.2, -0.15) is 0 Å². The average molecular weight is 217 g/mol. The van der Waals surface area contributed by atoms with Gasteiger partial charge in [0, 0.05) is 5.38 Å². The number of aromatic nitrogens is 1. The zero-order chi connectivity index (χ0) is 10.6. The van der Waals surface area contributed by atoms with Crippen molar-refractivity contribution in [2.45, 2.75) is 0 Å². The summed E-state index contributed by atoms with van der Waals surface area (Å²) in [4.78, 5) is 18.4. The Bertz CT molecular complexity index is 364. The first-order valence-corrected chi connectivity index (χ1v) is 4.26. The van der Waals surface area contributed by atoms with Crippen LogP contribution >= 0.6 is 11.3 Å². The van der Waals surface area contributed by atoms with E-state index in [0.717, 1.165) is 11.3 Å². The molecule has 0 spiro atoms. The molecule has 0 aromatic carbocycles. The molecule has 0 aliphatic carbocycles. The molecule has 75 valence electrons. The van der Waals surface area contributed by atoms with E-state index in [4.69, 9.17) is 11.5 Å². The van der Waals surface area contributed by atoms with Crippen molar-refractivity contribution < 1.29 is 14.0 Å². The molecule has 8 heteroatoms. The van der Waals surface area contributed by atoms with Crippen molar-refractivity contribution in [3.05, 3.63) is 11.1 Å². The van der Waals surface area contributed by atoms with Crippen LogP contribution in [0.4, 0.5) is 9.52 Å². The maximum absolute atomic E-state index is 11.6. The summed E-state index contributed by atoms with van der Waals surface area (Å²) in [6, 6.07) is 0. The third-order valence-electron chi connectivity index (χ3n) is 1.18. The van der Waals surface area contributed by atoms with Crippen molar-refractivity contribution in [1.82, 2.24) is 10.7 Å². The summed E-state index contributed by atoms with van der Waals surface area (Å²) in [6.45, 7) is -1.17. The number of alkyl halides is 1. The van der Waals surface area contributed by atoms with E-state index >= 15 is 0 Å². The van der Waals surface area contributed by atoms with Crippen LogP contribution in [0.3, 0.4) is 0 Å². The molecule has 1 heterocycles. The summed E-state index contributed by atoms with van der Waals surface area (Å²) < 4.78 is 11.6. The first-order chi connectivity index (χ1) is 6.65. The maximum atomic E-state index is 11.6. The van der Waals surface area contributed by atoms with Crippen LogP contribution in [0.5, 0.6) is 0 Å². The molecule has 0 atom stereocenters. The highest BCUT2D eigenvalue weighted by Gasteiger charge is 2.15. The van der Waals surface area contributed by atoms with Crippen LogP contribution in [0.1, 0.15) is 5.69 Å². The van der Waals surface area contributed by atoms with Crippen LogP contribution in [0.2, 0.25) is 0 Å². The number of nitrogens with two attached hydrogens (primary N) is 1. The van der Waals surface area contributed by atoms with E-state index in [-0.39, 0.29) is 16.5 Å². The lowest BCUT2D eigenvalue weighted by Gasteiger charge is -1.95. The van der Waals surface area contributed by atoms with Gasteiger partial charge in [0.2, 0.25) is 0 Å². The van der Waals surface area contributed by atoms with Crippen molar-refractivity contribution in [1.29, 1.82) is 0 Å². The van der Waals surface area contributed by atoms with Gasteiger partial charge in [0.05, 0.1) is 0 Å². The lowest BCUT2D eigenvalue weighted by atomic mass is 10.3. The van der Waals surface area contributed by atoms with Gasteiger partial charge >= 0.3 is 0 Å². The van der Waals surface area contributed by atoms with Crippen LogP contribution in [0.15, 0.2) is 10.5 Å². The van der Waals surface area contributed by atoms with Crippen molar-refractivity contribution in [2.24, 2.45) is 5.16 Å². The molecule has 0 aliphatic rings. The fourth-order valence-corrected chi connectivity index (χ4v) is 1.24. The van der Waals surface area contributed by atoms with Crippen molar-refractivity contribution in [3.63, 3.8) is 0 Å². The minimum Gasteiger partial charge on any atom is -0.375 e. The Morgan fingerprint density at radius 1 is 1.86 bits per heavy atom. The molecule has 1 aromatic rings. The number of halogens is 1. The molecule has 0 unspecified atom stereocenters. The molecule has 0 saturated carbocycles. The lowest BCUT2D eigenvalue weighted by Crippen LogP contribution is -2.17. The molecule has 14 heavy (non-hydrogen) atoms. The summed E-state index contributed by atoms with van der Waals surface area (Å²) in [6.07, 6.45) is 0. The number of nitrogens with zero attached hydrogens (tertiary/aromatic N) is 2. The fourth-order valence-electron chi connectivity index (χ4n) is 0.690. The van der Waals surface area contributed by atoms with Crippen LogP contribution < -0.4 is 11.5 Å². The topological polar surface area (TPSA) is 101 Å². The fraction of sp³-hybridized carbons (Fsp3) is 0.167. The predicted octanol–water partition coefficient (Wildman–Crippen LogP) is 0.182. The number of hydrogen-bond acceptors (Lipinski definition) is 6. The number of thiazole rings is 1. The maximum Gasteiger partial charge on any atom is 0.294 e. The first-order valence-electron chi connectivity index (χ1n) is 3.38. The van der Waals surface area contributed by atoms with Crippen LogP contribution in [0.25, 0.3) is 0 Å². The zero-order valence-corrected chi connectivity index (χ0v) is 7.68. The van der Waals surface area contributed by atoms with Crippen LogP contribution in [0, 0.1) is 0 Å². The highest BCUT2D eigenvalue weighted by molar-refractivity contribution is 7.13. The molecule has 6 nitrogen and oxygen atoms in total. The Balaban J connectivity index is 2.94. The third kappa shape index (κ3) is 2.39. The molecule has 0 fully saturated rings. The Labute approximate surface area is 82.4 Å². The number of nitrogen functional groups attached to an aromatic ring is 1. The van der Waals surface area contributed by atoms with Crippen LogP contribution in [-0.4, -0.2) is 23.5 Å². The van der Waals surface area contributed by atoms with Gasteiger partial charge in [-0.15, -0.1) is 11.3 Å². The van der Waals surface area contributed by atoms with E-state index in [9.17, 15) is 9.18 Å². The SMILES string of the molecule is [NH]C(=O)/C(=N/OCF)c1csc(N)n1. The molecule has 3 N–H and O–H groups in total. The summed E-state index contributed by atoms with van der Waals surface area (Å²) >= 11 is 1.08. The van der Waals surface area contributed by atoms with Gasteiger partial charge in [-0.25, -0.2) is 9.37 Å². The van der Waals surface area contributed by atoms with E-state index in [1.54, 1.807) is 0 Å². The number of carbonyl (C=O) groups is 1. The second-order valence-corrected chi connectivity index (χ2v) is 2.97. The number of nitrogens with one attached hydrogen (secondary N) is 1. The van der Waals surface area contributed by atoms with Gasteiger partial charge in [-0.05, 0) is 0 Å². The molecule has 0 aliphatic heterocycles. The Hall–Kier alpha value is -1.70. The van der Waals surface area contributed by atoms with Gasteiger partial charge < -0.3 is 10.6 Å². The van der Waals surface area contributed by atoms with E-state index in [1.807, 2.05) is 0 Å². The number of amides is 1. The number of oxime groups is 1. The number of rotatable bonds is 4. The van der Waals surface area contributed by atoms with Gasteiger partial charge in [-0.1, -0.05) is 5.16 Å². The molecule has 1 amide bonds. The minimum absolute atomic E-state index is 0.112. The lowest BCUT2D eigenvalue weighted by molar-refractivity contribution is -0.112. The minimum atomic E-state index is -1.17. The van der Waals surface area contributed by atoms with Gasteiger partial charge in [-0.3, -0.25) is 10.5 Å². The number of hydrogen-bond donors (Lipinski definition) is 1. The largest absolute Gasteiger partial charge is 0.375 e. The molecule has 1 rings (SSSR count). The Morgan fingerprint density at radius 2 is 2.57 bits per heavy atom. The number of carbonyl (C=O) groups excluding carboxylic acids is 1. The second-order valence-electron chi connectivity index (χ2n) is 2.08. The number of anilines is 1. The third-order valence-corrected chi connectivity index (χ3v) is 1.86. The summed E-state index contributed by atoms with van der Waals surface area (Å²) in [5, 5.41) is 4.78. The molecule has 1 radical (unpaired) electrons.